The van der Waals surface area contributed by atoms with Crippen LogP contribution in [0, 0.1) is 0 Å². The highest BCUT2D eigenvalue weighted by Gasteiger charge is 2.32. The Morgan fingerprint density at radius 2 is 2.18 bits per heavy atom. The van der Waals surface area contributed by atoms with Crippen LogP contribution in [0.5, 0.6) is 0 Å². The Kier molecular flexibility index (Phi) is 3.10. The van der Waals surface area contributed by atoms with E-state index >= 15 is 0 Å². The first-order chi connectivity index (χ1) is 8.13. The summed E-state index contributed by atoms with van der Waals surface area (Å²) in [5.74, 6) is -0.201. The molecule has 1 aromatic heterocycles. The second-order valence-electron chi connectivity index (χ2n) is 3.87. The van der Waals surface area contributed by atoms with Crippen LogP contribution in [0.1, 0.15) is 12.5 Å². The lowest BCUT2D eigenvalue weighted by Crippen LogP contribution is -2.36. The van der Waals surface area contributed by atoms with Crippen LogP contribution in [0.4, 0.5) is 0 Å². The van der Waals surface area contributed by atoms with Gasteiger partial charge >= 0.3 is 5.69 Å². The molecule has 0 spiro atoms. The molecule has 0 bridgehead atoms. The fraction of sp³-hybridized carbons (Fsp3) is 0.500. The van der Waals surface area contributed by atoms with Gasteiger partial charge in [-0.3, -0.25) is 19.1 Å². The monoisotopic (exact) mass is 239 g/mol. The van der Waals surface area contributed by atoms with Crippen molar-refractivity contribution in [1.29, 1.82) is 0 Å². The Balaban J connectivity index is 2.27. The van der Waals surface area contributed by atoms with Gasteiger partial charge in [0.05, 0.1) is 6.61 Å². The molecule has 1 atom stereocenters. The molecule has 1 amide bonds. The van der Waals surface area contributed by atoms with Gasteiger partial charge in [-0.15, -0.1) is 0 Å². The number of H-pyrrole nitrogens is 1. The van der Waals surface area contributed by atoms with Crippen molar-refractivity contribution in [3.63, 3.8) is 0 Å². The minimum Gasteiger partial charge on any atom is -0.395 e. The Morgan fingerprint density at radius 3 is 2.82 bits per heavy atom. The molecule has 1 saturated heterocycles. The number of nitrogens with one attached hydrogen (secondary N) is 1. The van der Waals surface area contributed by atoms with Gasteiger partial charge in [-0.25, -0.2) is 4.79 Å². The highest BCUT2D eigenvalue weighted by molar-refractivity contribution is 5.82. The van der Waals surface area contributed by atoms with Crippen LogP contribution in [-0.4, -0.2) is 45.2 Å². The van der Waals surface area contributed by atoms with Gasteiger partial charge in [0.15, 0.2) is 0 Å². The van der Waals surface area contributed by atoms with Crippen LogP contribution < -0.4 is 11.2 Å². The third kappa shape index (κ3) is 2.14. The number of nitrogens with zero attached hydrogens (tertiary/aromatic N) is 2. The Labute approximate surface area is 96.3 Å². The van der Waals surface area contributed by atoms with E-state index in [4.69, 9.17) is 5.11 Å². The first-order valence-corrected chi connectivity index (χ1v) is 5.34. The van der Waals surface area contributed by atoms with E-state index in [2.05, 4.69) is 4.98 Å². The summed E-state index contributed by atoms with van der Waals surface area (Å²) in [6, 6.07) is 0.634. The molecular formula is C10H13N3O4. The van der Waals surface area contributed by atoms with E-state index in [-0.39, 0.29) is 19.1 Å². The first kappa shape index (κ1) is 11.6. The summed E-state index contributed by atoms with van der Waals surface area (Å²) in [7, 11) is 0. The van der Waals surface area contributed by atoms with Crippen LogP contribution in [0.15, 0.2) is 21.9 Å². The molecule has 2 heterocycles. The summed E-state index contributed by atoms with van der Waals surface area (Å²) in [6.45, 7) is 0.683. The molecular weight excluding hydrogens is 226 g/mol. The molecule has 1 aliphatic heterocycles. The number of rotatable bonds is 3. The molecule has 7 nitrogen and oxygen atoms in total. The van der Waals surface area contributed by atoms with E-state index < -0.39 is 17.3 Å². The fourth-order valence-corrected chi connectivity index (χ4v) is 2.00. The average molecular weight is 239 g/mol. The Morgan fingerprint density at radius 1 is 1.41 bits per heavy atom. The van der Waals surface area contributed by atoms with Crippen molar-refractivity contribution >= 4 is 5.91 Å². The van der Waals surface area contributed by atoms with Crippen molar-refractivity contribution in [2.75, 3.05) is 19.7 Å². The topological polar surface area (TPSA) is 95.4 Å². The molecule has 1 aliphatic rings. The van der Waals surface area contributed by atoms with Crippen LogP contribution >= 0.6 is 0 Å². The van der Waals surface area contributed by atoms with E-state index in [0.717, 1.165) is 0 Å². The molecule has 0 saturated carbocycles. The molecule has 7 heteroatoms. The summed E-state index contributed by atoms with van der Waals surface area (Å²) in [6.07, 6.45) is 1.83. The number of hydrogen-bond acceptors (Lipinski definition) is 4. The van der Waals surface area contributed by atoms with Crippen molar-refractivity contribution in [1.82, 2.24) is 14.5 Å². The van der Waals surface area contributed by atoms with Crippen LogP contribution in [0.3, 0.4) is 0 Å². The molecule has 2 N–H and O–H groups in total. The third-order valence-corrected chi connectivity index (χ3v) is 2.83. The standard InChI is InChI=1S/C10H13N3O4/c14-6-5-12-3-1-7(9(12)16)13-4-2-8(15)11-10(13)17/h2,4,7,14H,1,3,5-6H2,(H,11,15,17). The van der Waals surface area contributed by atoms with Gasteiger partial charge in [0.1, 0.15) is 6.04 Å². The zero-order chi connectivity index (χ0) is 12.4. The SMILES string of the molecule is O=C1C(n2ccc(=O)[nH]c2=O)CCN1CCO. The minimum absolute atomic E-state index is 0.0982. The number of carbonyl (C=O) groups excluding carboxylic acids is 1. The van der Waals surface area contributed by atoms with Crippen LogP contribution in [0.25, 0.3) is 0 Å². The Bertz CT molecular complexity index is 533. The molecule has 92 valence electrons. The number of amides is 1. The smallest absolute Gasteiger partial charge is 0.329 e. The van der Waals surface area contributed by atoms with Gasteiger partial charge < -0.3 is 10.0 Å². The van der Waals surface area contributed by atoms with Crippen LogP contribution in [0.2, 0.25) is 0 Å². The quantitative estimate of drug-likeness (QED) is 0.657. The first-order valence-electron chi connectivity index (χ1n) is 5.34. The number of aliphatic hydroxyl groups is 1. The van der Waals surface area contributed by atoms with Crippen molar-refractivity contribution in [2.45, 2.75) is 12.5 Å². The number of carbonyl (C=O) groups is 1. The summed E-state index contributed by atoms with van der Waals surface area (Å²) in [5, 5.41) is 8.78. The maximum absolute atomic E-state index is 11.9. The number of aliphatic hydroxyl groups excluding tert-OH is 1. The summed E-state index contributed by atoms with van der Waals surface area (Å²) < 4.78 is 1.22. The number of β-amino-alcohol motifs (C(OH)–C–C–N with tert-alkyl or cyclic N) is 1. The highest BCUT2D eigenvalue weighted by atomic mass is 16.3. The maximum atomic E-state index is 11.9. The lowest BCUT2D eigenvalue weighted by molar-refractivity contribution is -0.130. The number of hydrogen-bond donors (Lipinski definition) is 2. The predicted octanol–water partition coefficient (Wildman–Crippen LogP) is -1.70. The van der Waals surface area contributed by atoms with Gasteiger partial charge in [-0.2, -0.15) is 0 Å². The maximum Gasteiger partial charge on any atom is 0.329 e. The van der Waals surface area contributed by atoms with Gasteiger partial charge in [-0.1, -0.05) is 0 Å². The third-order valence-electron chi connectivity index (χ3n) is 2.83. The van der Waals surface area contributed by atoms with Crippen molar-refractivity contribution in [2.24, 2.45) is 0 Å². The summed E-state index contributed by atoms with van der Waals surface area (Å²) in [5.41, 5.74) is -1.06. The molecule has 17 heavy (non-hydrogen) atoms. The normalized spacial score (nSPS) is 19.9. The van der Waals surface area contributed by atoms with Gasteiger partial charge in [0, 0.05) is 25.4 Å². The Hall–Kier alpha value is -1.89. The number of aromatic amines is 1. The van der Waals surface area contributed by atoms with E-state index in [1.807, 2.05) is 0 Å². The van der Waals surface area contributed by atoms with E-state index in [0.29, 0.717) is 13.0 Å². The van der Waals surface area contributed by atoms with Gasteiger partial charge in [-0.05, 0) is 6.42 Å². The van der Waals surface area contributed by atoms with Crippen molar-refractivity contribution < 1.29 is 9.90 Å². The summed E-state index contributed by atoms with van der Waals surface area (Å²) in [4.78, 5) is 37.9. The van der Waals surface area contributed by atoms with Crippen LogP contribution in [-0.2, 0) is 4.79 Å². The van der Waals surface area contributed by atoms with E-state index in [1.165, 1.54) is 21.7 Å². The van der Waals surface area contributed by atoms with Gasteiger partial charge in [0.2, 0.25) is 5.91 Å². The largest absolute Gasteiger partial charge is 0.395 e. The fourth-order valence-electron chi connectivity index (χ4n) is 2.00. The van der Waals surface area contributed by atoms with E-state index in [1.54, 1.807) is 0 Å². The average Bonchev–Trinajstić information content (AvgIpc) is 2.62. The summed E-state index contributed by atoms with van der Waals surface area (Å²) >= 11 is 0. The second kappa shape index (κ2) is 4.54. The molecule has 1 unspecified atom stereocenters. The molecule has 0 aliphatic carbocycles. The van der Waals surface area contributed by atoms with Crippen molar-refractivity contribution in [3.8, 4) is 0 Å². The van der Waals surface area contributed by atoms with Gasteiger partial charge in [0.25, 0.3) is 5.56 Å². The zero-order valence-electron chi connectivity index (χ0n) is 9.13. The predicted molar refractivity (Wildman–Crippen MR) is 58.6 cm³/mol. The number of likely N-dealkylation sites (tertiary alicyclic amines) is 1. The minimum atomic E-state index is -0.582. The molecule has 2 rings (SSSR count). The molecule has 0 aromatic carbocycles. The second-order valence-corrected chi connectivity index (χ2v) is 3.87. The highest BCUT2D eigenvalue weighted by Crippen LogP contribution is 2.20. The molecule has 0 radical (unpaired) electrons. The van der Waals surface area contributed by atoms with Crippen molar-refractivity contribution in [3.05, 3.63) is 33.1 Å². The number of aromatic nitrogens is 2. The lowest BCUT2D eigenvalue weighted by Gasteiger charge is -2.15. The molecule has 1 fully saturated rings. The van der Waals surface area contributed by atoms with E-state index in [9.17, 15) is 14.4 Å². The molecule has 1 aromatic rings. The zero-order valence-corrected chi connectivity index (χ0v) is 9.13. The lowest BCUT2D eigenvalue weighted by atomic mass is 10.2.